The van der Waals surface area contributed by atoms with E-state index in [9.17, 15) is 4.79 Å². The van der Waals surface area contributed by atoms with Gasteiger partial charge < -0.3 is 15.2 Å². The van der Waals surface area contributed by atoms with E-state index in [4.69, 9.17) is 15.2 Å². The number of benzene rings is 1. The van der Waals surface area contributed by atoms with E-state index in [0.29, 0.717) is 18.9 Å². The van der Waals surface area contributed by atoms with E-state index >= 15 is 0 Å². The number of nitrogens with two attached hydrogens (primary N) is 1. The summed E-state index contributed by atoms with van der Waals surface area (Å²) < 4.78 is 10.4. The van der Waals surface area contributed by atoms with Crippen LogP contribution in [-0.2, 0) is 20.7 Å². The number of carbonyl (C=O) groups excluding carboxylic acids is 1. The molecule has 2 N–H and O–H groups in total. The average Bonchev–Trinajstić information content (AvgIpc) is 2.29. The van der Waals surface area contributed by atoms with Crippen LogP contribution < -0.4 is 5.73 Å². The first-order valence-electron chi connectivity index (χ1n) is 5.74. The fourth-order valence-electron chi connectivity index (χ4n) is 1.43. The third-order valence-electron chi connectivity index (χ3n) is 2.28. The Balaban J connectivity index is 2.42. The van der Waals surface area contributed by atoms with Gasteiger partial charge in [0.25, 0.3) is 0 Å². The van der Waals surface area contributed by atoms with Crippen LogP contribution in [0.2, 0.25) is 0 Å². The molecule has 94 valence electrons. The van der Waals surface area contributed by atoms with Crippen molar-refractivity contribution in [2.24, 2.45) is 0 Å². The standard InChI is InChI=1S/C13H19NO3/c1-3-16-9-10(2)17-13(15)8-11-6-4-5-7-12(11)14/h4-7,10H,3,8-9,14H2,1-2H3. The first kappa shape index (κ1) is 13.5. The Kier molecular flexibility index (Phi) is 5.49. The van der Waals surface area contributed by atoms with E-state index in [1.807, 2.05) is 32.0 Å². The highest BCUT2D eigenvalue weighted by atomic mass is 16.6. The maximum atomic E-state index is 11.6. The third-order valence-corrected chi connectivity index (χ3v) is 2.28. The summed E-state index contributed by atoms with van der Waals surface area (Å²) in [5, 5.41) is 0. The second-order valence-electron chi connectivity index (χ2n) is 3.84. The normalized spacial score (nSPS) is 12.1. The van der Waals surface area contributed by atoms with Gasteiger partial charge in [0.05, 0.1) is 13.0 Å². The van der Waals surface area contributed by atoms with Gasteiger partial charge in [-0.3, -0.25) is 4.79 Å². The molecule has 0 aliphatic carbocycles. The van der Waals surface area contributed by atoms with Crippen LogP contribution in [0.1, 0.15) is 19.4 Å². The molecule has 0 amide bonds. The number of rotatable bonds is 6. The summed E-state index contributed by atoms with van der Waals surface area (Å²) in [6.07, 6.45) is -0.0317. The van der Waals surface area contributed by atoms with Crippen LogP contribution in [0.4, 0.5) is 5.69 Å². The summed E-state index contributed by atoms with van der Waals surface area (Å²) in [5.74, 6) is -0.282. The van der Waals surface area contributed by atoms with Crippen LogP contribution >= 0.6 is 0 Å². The lowest BCUT2D eigenvalue weighted by Crippen LogP contribution is -2.21. The van der Waals surface area contributed by atoms with Gasteiger partial charge in [-0.2, -0.15) is 0 Å². The topological polar surface area (TPSA) is 61.5 Å². The van der Waals surface area contributed by atoms with Gasteiger partial charge in [-0.15, -0.1) is 0 Å². The maximum absolute atomic E-state index is 11.6. The number of esters is 1. The Labute approximate surface area is 102 Å². The molecule has 0 aliphatic rings. The third kappa shape index (κ3) is 4.87. The maximum Gasteiger partial charge on any atom is 0.310 e. The molecule has 4 heteroatoms. The molecule has 0 radical (unpaired) electrons. The Hall–Kier alpha value is -1.55. The molecule has 0 saturated carbocycles. The molecule has 0 saturated heterocycles. The SMILES string of the molecule is CCOCC(C)OC(=O)Cc1ccccc1N. The van der Waals surface area contributed by atoms with Gasteiger partial charge in [0.2, 0.25) is 0 Å². The highest BCUT2D eigenvalue weighted by Crippen LogP contribution is 2.12. The fraction of sp³-hybridized carbons (Fsp3) is 0.462. The number of anilines is 1. The van der Waals surface area contributed by atoms with Crippen molar-refractivity contribution in [2.75, 3.05) is 18.9 Å². The lowest BCUT2D eigenvalue weighted by Gasteiger charge is -2.13. The minimum absolute atomic E-state index is 0.198. The summed E-state index contributed by atoms with van der Waals surface area (Å²) in [5.41, 5.74) is 7.15. The summed E-state index contributed by atoms with van der Waals surface area (Å²) >= 11 is 0. The minimum Gasteiger partial charge on any atom is -0.460 e. The minimum atomic E-state index is -0.282. The van der Waals surface area contributed by atoms with Crippen LogP contribution in [0.3, 0.4) is 0 Å². The highest BCUT2D eigenvalue weighted by Gasteiger charge is 2.11. The van der Waals surface area contributed by atoms with Crippen molar-refractivity contribution in [2.45, 2.75) is 26.4 Å². The quantitative estimate of drug-likeness (QED) is 0.605. The van der Waals surface area contributed by atoms with E-state index in [2.05, 4.69) is 0 Å². The molecule has 4 nitrogen and oxygen atoms in total. The van der Waals surface area contributed by atoms with Crippen LogP contribution in [-0.4, -0.2) is 25.3 Å². The van der Waals surface area contributed by atoms with Crippen LogP contribution in [0.15, 0.2) is 24.3 Å². The zero-order valence-corrected chi connectivity index (χ0v) is 10.3. The Morgan fingerprint density at radius 2 is 2.12 bits per heavy atom. The molecule has 1 rings (SSSR count). The molecular weight excluding hydrogens is 218 g/mol. The largest absolute Gasteiger partial charge is 0.460 e. The summed E-state index contributed by atoms with van der Waals surface area (Å²) in [7, 11) is 0. The molecular formula is C13H19NO3. The van der Waals surface area contributed by atoms with Gasteiger partial charge >= 0.3 is 5.97 Å². The highest BCUT2D eigenvalue weighted by molar-refractivity contribution is 5.74. The molecule has 1 aromatic carbocycles. The lowest BCUT2D eigenvalue weighted by atomic mass is 10.1. The molecule has 1 atom stereocenters. The number of hydrogen-bond donors (Lipinski definition) is 1. The van der Waals surface area contributed by atoms with E-state index in [1.165, 1.54) is 0 Å². The van der Waals surface area contributed by atoms with Gasteiger partial charge in [-0.05, 0) is 25.5 Å². The van der Waals surface area contributed by atoms with Crippen LogP contribution in [0.5, 0.6) is 0 Å². The molecule has 0 bridgehead atoms. The van der Waals surface area contributed by atoms with E-state index < -0.39 is 0 Å². The first-order valence-corrected chi connectivity index (χ1v) is 5.74. The predicted octanol–water partition coefficient (Wildman–Crippen LogP) is 1.78. The average molecular weight is 237 g/mol. The molecule has 0 aliphatic heterocycles. The van der Waals surface area contributed by atoms with E-state index in [0.717, 1.165) is 5.56 Å². The number of hydrogen-bond acceptors (Lipinski definition) is 4. The number of nitrogen functional groups attached to an aromatic ring is 1. The molecule has 0 heterocycles. The zero-order chi connectivity index (χ0) is 12.7. The number of carbonyl (C=O) groups is 1. The monoisotopic (exact) mass is 237 g/mol. The molecule has 1 unspecified atom stereocenters. The number of ether oxygens (including phenoxy) is 2. The summed E-state index contributed by atoms with van der Waals surface area (Å²) in [6, 6.07) is 7.28. The van der Waals surface area contributed by atoms with Crippen molar-refractivity contribution in [3.05, 3.63) is 29.8 Å². The second kappa shape index (κ2) is 6.91. The molecule has 0 fully saturated rings. The van der Waals surface area contributed by atoms with Crippen molar-refractivity contribution in [3.63, 3.8) is 0 Å². The van der Waals surface area contributed by atoms with Gasteiger partial charge in [0.1, 0.15) is 6.10 Å². The fourth-order valence-corrected chi connectivity index (χ4v) is 1.43. The smallest absolute Gasteiger partial charge is 0.310 e. The molecule has 17 heavy (non-hydrogen) atoms. The van der Waals surface area contributed by atoms with Crippen molar-refractivity contribution in [1.82, 2.24) is 0 Å². The van der Waals surface area contributed by atoms with Gasteiger partial charge in [0.15, 0.2) is 0 Å². The zero-order valence-electron chi connectivity index (χ0n) is 10.3. The first-order chi connectivity index (χ1) is 8.13. The Morgan fingerprint density at radius 3 is 2.76 bits per heavy atom. The molecule has 0 spiro atoms. The van der Waals surface area contributed by atoms with Crippen molar-refractivity contribution >= 4 is 11.7 Å². The van der Waals surface area contributed by atoms with E-state index in [1.54, 1.807) is 6.07 Å². The van der Waals surface area contributed by atoms with Gasteiger partial charge in [-0.1, -0.05) is 18.2 Å². The lowest BCUT2D eigenvalue weighted by molar-refractivity contribution is -0.150. The number of para-hydroxylation sites is 1. The Bertz CT molecular complexity index is 365. The Morgan fingerprint density at radius 1 is 1.41 bits per heavy atom. The summed E-state index contributed by atoms with van der Waals surface area (Å²) in [4.78, 5) is 11.6. The molecule has 1 aromatic rings. The van der Waals surface area contributed by atoms with Crippen molar-refractivity contribution < 1.29 is 14.3 Å². The van der Waals surface area contributed by atoms with Gasteiger partial charge in [0, 0.05) is 12.3 Å². The summed E-state index contributed by atoms with van der Waals surface area (Å²) in [6.45, 7) is 4.75. The second-order valence-corrected chi connectivity index (χ2v) is 3.84. The van der Waals surface area contributed by atoms with Crippen molar-refractivity contribution in [3.8, 4) is 0 Å². The van der Waals surface area contributed by atoms with Crippen molar-refractivity contribution in [1.29, 1.82) is 0 Å². The molecule has 0 aromatic heterocycles. The van der Waals surface area contributed by atoms with E-state index in [-0.39, 0.29) is 18.5 Å². The predicted molar refractivity (Wildman–Crippen MR) is 66.6 cm³/mol. The van der Waals surface area contributed by atoms with Crippen LogP contribution in [0.25, 0.3) is 0 Å². The van der Waals surface area contributed by atoms with Crippen LogP contribution in [0, 0.1) is 0 Å². The van der Waals surface area contributed by atoms with Gasteiger partial charge in [-0.25, -0.2) is 0 Å².